The quantitative estimate of drug-likeness (QED) is 0.402. The molecule has 144 valence electrons. The number of ether oxygens (including phenoxy) is 2. The molecule has 27 heavy (non-hydrogen) atoms. The van der Waals surface area contributed by atoms with Gasteiger partial charge < -0.3 is 9.47 Å². The van der Waals surface area contributed by atoms with Crippen molar-refractivity contribution in [2.24, 2.45) is 0 Å². The van der Waals surface area contributed by atoms with Crippen LogP contribution in [0.15, 0.2) is 29.2 Å². The monoisotopic (exact) mass is 405 g/mol. The number of amides is 1. The highest BCUT2D eigenvalue weighted by Crippen LogP contribution is 2.33. The van der Waals surface area contributed by atoms with Crippen molar-refractivity contribution in [3.63, 3.8) is 0 Å². The summed E-state index contributed by atoms with van der Waals surface area (Å²) in [5.74, 6) is 0.345. The zero-order chi connectivity index (χ0) is 19.2. The molecule has 0 N–H and O–H groups in total. The molecule has 1 aliphatic carbocycles. The first-order valence-corrected chi connectivity index (χ1v) is 10.4. The summed E-state index contributed by atoms with van der Waals surface area (Å²) in [7, 11) is 1.61. The Hall–Kier alpha value is -1.86. The third-order valence-electron chi connectivity index (χ3n) is 4.68. The fraction of sp³-hybridized carbons (Fsp3) is 0.450. The summed E-state index contributed by atoms with van der Waals surface area (Å²) in [6, 6.07) is 7.45. The third-order valence-corrected chi connectivity index (χ3v) is 6.05. The number of methoxy groups -OCH3 is 1. The Balaban J connectivity index is 1.55. The minimum atomic E-state index is -0.255. The van der Waals surface area contributed by atoms with Gasteiger partial charge in [0.1, 0.15) is 16.2 Å². The predicted octanol–water partition coefficient (Wildman–Crippen LogP) is 4.16. The maximum absolute atomic E-state index is 12.6. The van der Waals surface area contributed by atoms with Gasteiger partial charge in [-0.3, -0.25) is 14.5 Å². The zero-order valence-corrected chi connectivity index (χ0v) is 16.9. The zero-order valence-electron chi connectivity index (χ0n) is 15.3. The van der Waals surface area contributed by atoms with E-state index in [4.69, 9.17) is 21.7 Å². The molecule has 0 radical (unpaired) electrons. The van der Waals surface area contributed by atoms with E-state index in [9.17, 15) is 9.59 Å². The Morgan fingerprint density at radius 3 is 2.63 bits per heavy atom. The molecule has 1 amide bonds. The van der Waals surface area contributed by atoms with Crippen LogP contribution in [0.5, 0.6) is 5.75 Å². The van der Waals surface area contributed by atoms with Gasteiger partial charge in [-0.1, -0.05) is 42.5 Å². The van der Waals surface area contributed by atoms with Crippen LogP contribution in [0.2, 0.25) is 0 Å². The van der Waals surface area contributed by atoms with Crippen molar-refractivity contribution < 1.29 is 19.1 Å². The van der Waals surface area contributed by atoms with Crippen molar-refractivity contribution in [3.05, 3.63) is 34.7 Å². The molecule has 1 aliphatic heterocycles. The van der Waals surface area contributed by atoms with Gasteiger partial charge in [-0.05, 0) is 49.5 Å². The normalized spacial score (nSPS) is 19.6. The molecule has 1 aromatic carbocycles. The van der Waals surface area contributed by atoms with Gasteiger partial charge in [0.05, 0.1) is 18.4 Å². The van der Waals surface area contributed by atoms with Crippen LogP contribution in [-0.2, 0) is 14.3 Å². The topological polar surface area (TPSA) is 55.8 Å². The standard InChI is InChI=1S/C20H23NO4S2/c1-24-15-9-7-14(8-10-15)13-17-19(23)21(20(26)27-17)12-11-18(22)25-16-5-3-2-4-6-16/h7-10,13,16H,2-6,11-12H2,1H3. The fourth-order valence-electron chi connectivity index (χ4n) is 3.18. The molecule has 1 aromatic rings. The van der Waals surface area contributed by atoms with Crippen LogP contribution in [0.4, 0.5) is 0 Å². The van der Waals surface area contributed by atoms with E-state index < -0.39 is 0 Å². The number of hydrogen-bond donors (Lipinski definition) is 0. The molecule has 2 fully saturated rings. The maximum Gasteiger partial charge on any atom is 0.307 e. The number of hydrogen-bond acceptors (Lipinski definition) is 6. The molecule has 7 heteroatoms. The van der Waals surface area contributed by atoms with Crippen molar-refractivity contribution in [1.82, 2.24) is 4.90 Å². The van der Waals surface area contributed by atoms with Crippen LogP contribution in [0, 0.1) is 0 Å². The van der Waals surface area contributed by atoms with Crippen molar-refractivity contribution in [1.29, 1.82) is 0 Å². The van der Waals surface area contributed by atoms with Crippen molar-refractivity contribution in [2.75, 3.05) is 13.7 Å². The van der Waals surface area contributed by atoms with E-state index in [-0.39, 0.29) is 30.9 Å². The minimum Gasteiger partial charge on any atom is -0.497 e. The lowest BCUT2D eigenvalue weighted by atomic mass is 9.98. The van der Waals surface area contributed by atoms with E-state index >= 15 is 0 Å². The van der Waals surface area contributed by atoms with Crippen molar-refractivity contribution >= 4 is 46.3 Å². The van der Waals surface area contributed by atoms with E-state index in [0.29, 0.717) is 9.23 Å². The summed E-state index contributed by atoms with van der Waals surface area (Å²) in [5, 5.41) is 0. The molecule has 3 rings (SSSR count). The SMILES string of the molecule is COc1ccc(C=C2SC(=S)N(CCC(=O)OC3CCCCC3)C2=O)cc1. The van der Waals surface area contributed by atoms with Gasteiger partial charge >= 0.3 is 5.97 Å². The van der Waals surface area contributed by atoms with E-state index in [1.807, 2.05) is 24.3 Å². The first kappa shape index (κ1) is 19.9. The molecule has 5 nitrogen and oxygen atoms in total. The molecule has 0 aromatic heterocycles. The Labute approximate surface area is 169 Å². The molecule has 2 aliphatic rings. The first-order valence-electron chi connectivity index (χ1n) is 9.16. The van der Waals surface area contributed by atoms with Crippen LogP contribution in [0.1, 0.15) is 44.1 Å². The Bertz CT molecular complexity index is 739. The molecule has 0 unspecified atom stereocenters. The number of nitrogens with zero attached hydrogens (tertiary/aromatic N) is 1. The molecular weight excluding hydrogens is 382 g/mol. The van der Waals surface area contributed by atoms with Crippen LogP contribution >= 0.6 is 24.0 Å². The van der Waals surface area contributed by atoms with Crippen LogP contribution < -0.4 is 4.74 Å². The van der Waals surface area contributed by atoms with Gasteiger partial charge in [0.25, 0.3) is 5.91 Å². The lowest BCUT2D eigenvalue weighted by Crippen LogP contribution is -2.31. The predicted molar refractivity (Wildman–Crippen MR) is 110 cm³/mol. The summed E-state index contributed by atoms with van der Waals surface area (Å²) in [6.45, 7) is 0.260. The molecule has 0 bridgehead atoms. The molecule has 1 heterocycles. The average molecular weight is 406 g/mol. The Morgan fingerprint density at radius 1 is 1.26 bits per heavy atom. The van der Waals surface area contributed by atoms with E-state index in [1.165, 1.54) is 23.1 Å². The van der Waals surface area contributed by atoms with E-state index in [0.717, 1.165) is 37.0 Å². The third kappa shape index (κ3) is 5.32. The summed E-state index contributed by atoms with van der Waals surface area (Å²) in [5.41, 5.74) is 0.896. The second-order valence-electron chi connectivity index (χ2n) is 6.61. The highest BCUT2D eigenvalue weighted by molar-refractivity contribution is 8.26. The number of thiocarbonyl (C=S) groups is 1. The van der Waals surface area contributed by atoms with E-state index in [2.05, 4.69) is 0 Å². The highest BCUT2D eigenvalue weighted by atomic mass is 32.2. The van der Waals surface area contributed by atoms with Gasteiger partial charge in [-0.2, -0.15) is 0 Å². The lowest BCUT2D eigenvalue weighted by Gasteiger charge is -2.22. The fourth-order valence-corrected chi connectivity index (χ4v) is 4.48. The van der Waals surface area contributed by atoms with Crippen LogP contribution in [-0.4, -0.2) is 40.9 Å². The summed E-state index contributed by atoms with van der Waals surface area (Å²) in [4.78, 5) is 26.7. The van der Waals surface area contributed by atoms with Gasteiger partial charge in [0.15, 0.2) is 0 Å². The molecular formula is C20H23NO4S2. The van der Waals surface area contributed by atoms with Crippen molar-refractivity contribution in [2.45, 2.75) is 44.6 Å². The molecule has 0 atom stereocenters. The van der Waals surface area contributed by atoms with Gasteiger partial charge in [-0.15, -0.1) is 0 Å². The first-order chi connectivity index (χ1) is 13.1. The van der Waals surface area contributed by atoms with Crippen LogP contribution in [0.3, 0.4) is 0 Å². The highest BCUT2D eigenvalue weighted by Gasteiger charge is 2.32. The van der Waals surface area contributed by atoms with Gasteiger partial charge in [0, 0.05) is 6.54 Å². The van der Waals surface area contributed by atoms with E-state index in [1.54, 1.807) is 13.2 Å². The summed E-state index contributed by atoms with van der Waals surface area (Å²) >= 11 is 6.58. The van der Waals surface area contributed by atoms with Gasteiger partial charge in [0.2, 0.25) is 0 Å². The minimum absolute atomic E-state index is 0.0346. The number of thioether (sulfide) groups is 1. The average Bonchev–Trinajstić information content (AvgIpc) is 2.94. The molecule has 1 saturated carbocycles. The Kier molecular flexibility index (Phi) is 6.90. The summed E-state index contributed by atoms with van der Waals surface area (Å²) in [6.07, 6.45) is 7.33. The number of benzene rings is 1. The lowest BCUT2D eigenvalue weighted by molar-refractivity contribution is -0.150. The second kappa shape index (κ2) is 9.37. The summed E-state index contributed by atoms with van der Waals surface area (Å²) < 4.78 is 11.1. The van der Waals surface area contributed by atoms with Gasteiger partial charge in [-0.25, -0.2) is 0 Å². The number of rotatable bonds is 6. The number of esters is 1. The number of carbonyl (C=O) groups is 2. The Morgan fingerprint density at radius 2 is 1.96 bits per heavy atom. The molecule has 1 saturated heterocycles. The number of carbonyl (C=O) groups excluding carboxylic acids is 2. The van der Waals surface area contributed by atoms with Crippen LogP contribution in [0.25, 0.3) is 6.08 Å². The smallest absolute Gasteiger partial charge is 0.307 e. The van der Waals surface area contributed by atoms with Crippen molar-refractivity contribution in [3.8, 4) is 5.75 Å². The largest absolute Gasteiger partial charge is 0.497 e. The second-order valence-corrected chi connectivity index (χ2v) is 8.28. The maximum atomic E-state index is 12.6. The molecule has 0 spiro atoms.